The summed E-state index contributed by atoms with van der Waals surface area (Å²) in [5, 5.41) is 10.3. The number of hydrogen-bond donors (Lipinski definition) is 1. The Bertz CT molecular complexity index is 897. The highest BCUT2D eigenvalue weighted by atomic mass is 19.4. The van der Waals surface area contributed by atoms with E-state index in [-0.39, 0.29) is 12.4 Å². The molecule has 0 saturated heterocycles. The molecule has 0 aliphatic carbocycles. The van der Waals surface area contributed by atoms with Gasteiger partial charge in [0.25, 0.3) is 0 Å². The van der Waals surface area contributed by atoms with Crippen LogP contribution in [0.25, 0.3) is 11.1 Å². The topological polar surface area (TPSA) is 35.9 Å². The van der Waals surface area contributed by atoms with E-state index in [0.29, 0.717) is 12.6 Å². The number of ether oxygens (including phenoxy) is 1. The number of rotatable bonds is 8. The Balaban J connectivity index is 2.14. The molecule has 1 atom stereocenters. The Morgan fingerprint density at radius 1 is 1.06 bits per heavy atom. The average molecular weight is 437 g/mol. The van der Waals surface area contributed by atoms with E-state index in [4.69, 9.17) is 0 Å². The maximum atomic E-state index is 12.5. The third-order valence-corrected chi connectivity index (χ3v) is 6.00. The fourth-order valence-electron chi connectivity index (χ4n) is 4.59. The normalized spacial score (nSPS) is 14.7. The van der Waals surface area contributed by atoms with Gasteiger partial charge in [0.2, 0.25) is 0 Å². The van der Waals surface area contributed by atoms with Crippen LogP contribution in [0.1, 0.15) is 56.6 Å². The van der Waals surface area contributed by atoms with Crippen molar-refractivity contribution in [3.63, 3.8) is 0 Å². The van der Waals surface area contributed by atoms with Crippen molar-refractivity contribution in [2.75, 3.05) is 30.6 Å². The zero-order chi connectivity index (χ0) is 22.8. The highest BCUT2D eigenvalue weighted by Crippen LogP contribution is 2.48. The maximum absolute atomic E-state index is 12.5. The number of nitrogens with zero attached hydrogens (tertiary/aromatic N) is 2. The molecular weight excluding hydrogens is 405 g/mol. The van der Waals surface area contributed by atoms with Crippen molar-refractivity contribution >= 4 is 11.4 Å². The summed E-state index contributed by atoms with van der Waals surface area (Å²) in [6.07, 6.45) is -0.504. The van der Waals surface area contributed by atoms with Crippen LogP contribution in [-0.4, -0.2) is 32.2 Å². The van der Waals surface area contributed by atoms with Gasteiger partial charge < -0.3 is 19.6 Å². The van der Waals surface area contributed by atoms with Crippen molar-refractivity contribution in [1.29, 1.82) is 0 Å². The summed E-state index contributed by atoms with van der Waals surface area (Å²) in [6.45, 7) is 4.96. The summed E-state index contributed by atoms with van der Waals surface area (Å²) in [5.74, 6) is 0.0817. The number of alkyl halides is 3. The van der Waals surface area contributed by atoms with E-state index in [9.17, 15) is 18.3 Å². The van der Waals surface area contributed by atoms with E-state index in [1.54, 1.807) is 12.1 Å². The Labute approximate surface area is 182 Å². The summed E-state index contributed by atoms with van der Waals surface area (Å²) in [4.78, 5) is 4.24. The van der Waals surface area contributed by atoms with Crippen LogP contribution in [-0.2, 0) is 6.61 Å². The van der Waals surface area contributed by atoms with Crippen LogP contribution in [0.3, 0.4) is 0 Å². The van der Waals surface area contributed by atoms with Crippen LogP contribution in [0.4, 0.5) is 24.5 Å². The lowest BCUT2D eigenvalue weighted by atomic mass is 9.84. The van der Waals surface area contributed by atoms with Gasteiger partial charge in [0.15, 0.2) is 0 Å². The second-order valence-corrected chi connectivity index (χ2v) is 8.20. The molecule has 1 N–H and O–H groups in total. The molecule has 0 radical (unpaired) electrons. The number of unbranched alkanes of at least 4 members (excludes halogenated alkanes) is 1. The fourth-order valence-corrected chi connectivity index (χ4v) is 4.59. The van der Waals surface area contributed by atoms with Gasteiger partial charge in [0.1, 0.15) is 5.75 Å². The first-order valence-electron chi connectivity index (χ1n) is 10.8. The summed E-state index contributed by atoms with van der Waals surface area (Å²) in [5.41, 5.74) is 5.86. The van der Waals surface area contributed by atoms with Gasteiger partial charge in [-0.05, 0) is 48.1 Å². The summed E-state index contributed by atoms with van der Waals surface area (Å²) < 4.78 is 41.7. The zero-order valence-corrected chi connectivity index (χ0v) is 18.6. The largest absolute Gasteiger partial charge is 0.573 e. The lowest BCUT2D eigenvalue weighted by molar-refractivity contribution is -0.274. The minimum Gasteiger partial charge on any atom is -0.406 e. The second kappa shape index (κ2) is 9.39. The highest BCUT2D eigenvalue weighted by molar-refractivity contribution is 5.93. The molecule has 31 heavy (non-hydrogen) atoms. The number of hydrogen-bond acceptors (Lipinski definition) is 4. The van der Waals surface area contributed by atoms with Gasteiger partial charge in [-0.15, -0.1) is 13.2 Å². The quantitative estimate of drug-likeness (QED) is 0.529. The first-order valence-corrected chi connectivity index (χ1v) is 10.8. The highest BCUT2D eigenvalue weighted by Gasteiger charge is 2.32. The van der Waals surface area contributed by atoms with Crippen LogP contribution in [0, 0.1) is 0 Å². The molecule has 1 unspecified atom stereocenters. The van der Waals surface area contributed by atoms with Gasteiger partial charge in [-0.1, -0.05) is 38.8 Å². The van der Waals surface area contributed by atoms with E-state index >= 15 is 0 Å². The van der Waals surface area contributed by atoms with E-state index in [1.165, 1.54) is 12.1 Å². The smallest absolute Gasteiger partial charge is 0.406 e. The predicted molar refractivity (Wildman–Crippen MR) is 119 cm³/mol. The molecule has 2 aromatic rings. The first kappa shape index (κ1) is 23.3. The molecule has 4 nitrogen and oxygen atoms in total. The summed E-state index contributed by atoms with van der Waals surface area (Å²) in [7, 11) is 3.99. The summed E-state index contributed by atoms with van der Waals surface area (Å²) in [6, 6.07) is 8.16. The van der Waals surface area contributed by atoms with Gasteiger partial charge >= 0.3 is 6.36 Å². The fraction of sp³-hybridized carbons (Fsp3) is 0.500. The Morgan fingerprint density at radius 2 is 1.71 bits per heavy atom. The first-order chi connectivity index (χ1) is 14.7. The third-order valence-electron chi connectivity index (χ3n) is 6.00. The average Bonchev–Trinajstić information content (AvgIpc) is 3.01. The summed E-state index contributed by atoms with van der Waals surface area (Å²) >= 11 is 0. The number of benzene rings is 2. The van der Waals surface area contributed by atoms with E-state index < -0.39 is 6.36 Å². The molecule has 3 rings (SSSR count). The molecule has 0 amide bonds. The molecule has 0 spiro atoms. The van der Waals surface area contributed by atoms with Crippen molar-refractivity contribution in [3.8, 4) is 16.9 Å². The molecule has 0 fully saturated rings. The van der Waals surface area contributed by atoms with E-state index in [1.807, 2.05) is 14.1 Å². The monoisotopic (exact) mass is 436 g/mol. The number of fused-ring (bicyclic) bond motifs is 1. The SMILES string of the molecule is CCCCC(CC)c1cc(-c2ccc(OC(F)(F)F)cc2)c2c(c1CO)N(C)CN2C. The number of aliphatic hydroxyl groups excluding tert-OH is 1. The maximum Gasteiger partial charge on any atom is 0.573 e. The Hall–Kier alpha value is -2.41. The van der Waals surface area contributed by atoms with Crippen molar-refractivity contribution in [1.82, 2.24) is 0 Å². The standard InChI is InChI=1S/C24H31F3N2O2/c1-5-7-8-16(6-2)19-13-20(17-9-11-18(12-10-17)31-24(25,26)27)22-23(21(19)14-30)29(4)15-28(22)3/h9-13,16,30H,5-8,14-15H2,1-4H3. The lowest BCUT2D eigenvalue weighted by Crippen LogP contribution is -2.24. The van der Waals surface area contributed by atoms with Crippen LogP contribution < -0.4 is 14.5 Å². The van der Waals surface area contributed by atoms with Crippen LogP contribution in [0.15, 0.2) is 30.3 Å². The third kappa shape index (κ3) is 4.92. The van der Waals surface area contributed by atoms with Crippen LogP contribution in [0.5, 0.6) is 5.75 Å². The van der Waals surface area contributed by atoms with Gasteiger partial charge in [-0.25, -0.2) is 0 Å². The zero-order valence-electron chi connectivity index (χ0n) is 18.6. The second-order valence-electron chi connectivity index (χ2n) is 8.20. The molecule has 2 aromatic carbocycles. The Kier molecular flexibility index (Phi) is 7.04. The molecule has 7 heteroatoms. The molecule has 0 aromatic heterocycles. The number of aliphatic hydroxyl groups is 1. The minimum absolute atomic E-state index is 0.0445. The van der Waals surface area contributed by atoms with E-state index in [0.717, 1.165) is 59.3 Å². The van der Waals surface area contributed by atoms with Gasteiger partial charge in [-0.3, -0.25) is 0 Å². The van der Waals surface area contributed by atoms with Gasteiger partial charge in [-0.2, -0.15) is 0 Å². The molecule has 1 aliphatic heterocycles. The predicted octanol–water partition coefficient (Wildman–Crippen LogP) is 6.27. The van der Waals surface area contributed by atoms with Crippen LogP contribution >= 0.6 is 0 Å². The molecule has 1 heterocycles. The van der Waals surface area contributed by atoms with Crippen molar-refractivity contribution in [3.05, 3.63) is 41.5 Å². The van der Waals surface area contributed by atoms with Crippen molar-refractivity contribution in [2.24, 2.45) is 0 Å². The Morgan fingerprint density at radius 3 is 2.26 bits per heavy atom. The van der Waals surface area contributed by atoms with Gasteiger partial charge in [0.05, 0.1) is 24.7 Å². The molecule has 0 bridgehead atoms. The molecule has 0 saturated carbocycles. The van der Waals surface area contributed by atoms with Gasteiger partial charge in [0, 0.05) is 25.2 Å². The number of halogens is 3. The van der Waals surface area contributed by atoms with Crippen LogP contribution in [0.2, 0.25) is 0 Å². The number of anilines is 2. The minimum atomic E-state index is -4.71. The van der Waals surface area contributed by atoms with E-state index in [2.05, 4.69) is 34.5 Å². The lowest BCUT2D eigenvalue weighted by Gasteiger charge is -2.25. The van der Waals surface area contributed by atoms with Crippen molar-refractivity contribution in [2.45, 2.75) is 58.4 Å². The molecule has 170 valence electrons. The molecular formula is C24H31F3N2O2. The molecule has 1 aliphatic rings. The van der Waals surface area contributed by atoms with Crippen molar-refractivity contribution < 1.29 is 23.0 Å².